The van der Waals surface area contributed by atoms with Crippen molar-refractivity contribution in [3.8, 4) is 0 Å². The molecule has 5 nitrogen and oxygen atoms in total. The molecule has 0 fully saturated rings. The average molecular weight is 298 g/mol. The molecule has 22 heavy (non-hydrogen) atoms. The minimum atomic E-state index is -0.0907. The van der Waals surface area contributed by atoms with E-state index < -0.39 is 0 Å². The molecule has 2 amide bonds. The number of anilines is 1. The van der Waals surface area contributed by atoms with Gasteiger partial charge in [-0.05, 0) is 23.3 Å². The number of rotatable bonds is 5. The van der Waals surface area contributed by atoms with Gasteiger partial charge in [-0.15, -0.1) is 0 Å². The Hall–Kier alpha value is -2.56. The van der Waals surface area contributed by atoms with Gasteiger partial charge in [-0.1, -0.05) is 30.3 Å². The molecule has 0 atom stereocenters. The van der Waals surface area contributed by atoms with Crippen molar-refractivity contribution in [2.45, 2.75) is 13.1 Å². The van der Waals surface area contributed by atoms with Crippen LogP contribution in [0, 0.1) is 0 Å². The highest BCUT2D eigenvalue weighted by molar-refractivity contribution is 5.73. The lowest BCUT2D eigenvalue weighted by Gasteiger charge is -2.18. The third-order valence-corrected chi connectivity index (χ3v) is 3.32. The largest absolute Gasteiger partial charge is 0.363 e. The van der Waals surface area contributed by atoms with Crippen LogP contribution in [-0.2, 0) is 13.1 Å². The molecule has 0 spiro atoms. The summed E-state index contributed by atoms with van der Waals surface area (Å²) >= 11 is 0. The number of nitrogens with zero attached hydrogens (tertiary/aromatic N) is 3. The van der Waals surface area contributed by atoms with Crippen LogP contribution in [0.5, 0.6) is 0 Å². The van der Waals surface area contributed by atoms with E-state index in [1.165, 1.54) is 0 Å². The summed E-state index contributed by atoms with van der Waals surface area (Å²) in [5.41, 5.74) is 2.14. The van der Waals surface area contributed by atoms with Gasteiger partial charge < -0.3 is 15.1 Å². The monoisotopic (exact) mass is 298 g/mol. The predicted octanol–water partition coefficient (Wildman–Crippen LogP) is 2.49. The summed E-state index contributed by atoms with van der Waals surface area (Å²) in [5.74, 6) is 0.879. The Morgan fingerprint density at radius 1 is 1.09 bits per heavy atom. The van der Waals surface area contributed by atoms with Gasteiger partial charge in [0.05, 0.1) is 0 Å². The number of urea groups is 1. The minimum Gasteiger partial charge on any atom is -0.363 e. The van der Waals surface area contributed by atoms with Crippen molar-refractivity contribution < 1.29 is 4.79 Å². The zero-order valence-corrected chi connectivity index (χ0v) is 13.3. The van der Waals surface area contributed by atoms with Crippen LogP contribution in [-0.4, -0.2) is 37.1 Å². The van der Waals surface area contributed by atoms with Crippen LogP contribution in [0.4, 0.5) is 10.6 Å². The van der Waals surface area contributed by atoms with E-state index in [0.717, 1.165) is 16.9 Å². The highest BCUT2D eigenvalue weighted by Crippen LogP contribution is 2.09. The van der Waals surface area contributed by atoms with Crippen LogP contribution < -0.4 is 10.2 Å². The number of nitrogens with one attached hydrogen (secondary N) is 1. The fourth-order valence-electron chi connectivity index (χ4n) is 2.06. The van der Waals surface area contributed by atoms with E-state index in [1.54, 1.807) is 18.1 Å². The van der Waals surface area contributed by atoms with Gasteiger partial charge in [-0.25, -0.2) is 9.78 Å². The number of carbonyl (C=O) groups is 1. The van der Waals surface area contributed by atoms with E-state index >= 15 is 0 Å². The van der Waals surface area contributed by atoms with Crippen LogP contribution in [0.1, 0.15) is 11.1 Å². The summed E-state index contributed by atoms with van der Waals surface area (Å²) in [7, 11) is 5.68. The second-order valence-corrected chi connectivity index (χ2v) is 5.42. The van der Waals surface area contributed by atoms with Crippen LogP contribution in [0.15, 0.2) is 48.7 Å². The van der Waals surface area contributed by atoms with Gasteiger partial charge in [0, 0.05) is 40.4 Å². The van der Waals surface area contributed by atoms with E-state index in [9.17, 15) is 4.79 Å². The normalized spacial score (nSPS) is 10.1. The Morgan fingerprint density at radius 3 is 2.50 bits per heavy atom. The number of carbonyl (C=O) groups excluding carboxylic acids is 1. The summed E-state index contributed by atoms with van der Waals surface area (Å²) in [6.07, 6.45) is 1.75. The van der Waals surface area contributed by atoms with E-state index in [1.807, 2.05) is 61.5 Å². The Bertz CT molecular complexity index is 613. The molecule has 0 radical (unpaired) electrons. The van der Waals surface area contributed by atoms with Gasteiger partial charge in [0.1, 0.15) is 5.82 Å². The molecule has 1 aromatic heterocycles. The number of amides is 2. The van der Waals surface area contributed by atoms with Gasteiger partial charge in [0.2, 0.25) is 0 Å². The Balaban J connectivity index is 1.88. The Morgan fingerprint density at radius 2 is 1.82 bits per heavy atom. The van der Waals surface area contributed by atoms with Crippen LogP contribution in [0.25, 0.3) is 0 Å². The van der Waals surface area contributed by atoms with Crippen molar-refractivity contribution in [2.75, 3.05) is 26.0 Å². The molecule has 116 valence electrons. The van der Waals surface area contributed by atoms with E-state index in [2.05, 4.69) is 10.3 Å². The molecule has 0 saturated carbocycles. The summed E-state index contributed by atoms with van der Waals surface area (Å²) in [4.78, 5) is 20.0. The first-order valence-electron chi connectivity index (χ1n) is 7.21. The predicted molar refractivity (Wildman–Crippen MR) is 88.7 cm³/mol. The van der Waals surface area contributed by atoms with Gasteiger partial charge in [0.15, 0.2) is 0 Å². The summed E-state index contributed by atoms with van der Waals surface area (Å²) < 4.78 is 0. The SMILES string of the molecule is CN(Cc1ccccc1)C(=O)NCc1ccnc(N(C)C)c1. The third-order valence-electron chi connectivity index (χ3n) is 3.32. The number of hydrogen-bond donors (Lipinski definition) is 1. The molecule has 1 heterocycles. The van der Waals surface area contributed by atoms with Gasteiger partial charge in [0.25, 0.3) is 0 Å². The molecule has 0 bridgehead atoms. The molecule has 0 unspecified atom stereocenters. The standard InChI is InChI=1S/C17H22N4O/c1-20(2)16-11-15(9-10-18-16)12-19-17(22)21(3)13-14-7-5-4-6-8-14/h4-11H,12-13H2,1-3H3,(H,19,22). The van der Waals surface area contributed by atoms with Crippen LogP contribution in [0.2, 0.25) is 0 Å². The molecule has 2 rings (SSSR count). The summed E-state index contributed by atoms with van der Waals surface area (Å²) in [6.45, 7) is 1.08. The first kappa shape index (κ1) is 15.8. The summed E-state index contributed by atoms with van der Waals surface area (Å²) in [5, 5.41) is 2.93. The second kappa shape index (κ2) is 7.45. The lowest BCUT2D eigenvalue weighted by Crippen LogP contribution is -2.36. The van der Waals surface area contributed by atoms with Gasteiger partial charge >= 0.3 is 6.03 Å². The van der Waals surface area contributed by atoms with Crippen molar-refractivity contribution in [3.63, 3.8) is 0 Å². The highest BCUT2D eigenvalue weighted by Gasteiger charge is 2.09. The number of hydrogen-bond acceptors (Lipinski definition) is 3. The maximum Gasteiger partial charge on any atom is 0.317 e. The molecule has 1 aromatic carbocycles. The molecule has 2 aromatic rings. The lowest BCUT2D eigenvalue weighted by atomic mass is 10.2. The minimum absolute atomic E-state index is 0.0907. The quantitative estimate of drug-likeness (QED) is 0.922. The van der Waals surface area contributed by atoms with Crippen molar-refractivity contribution in [2.24, 2.45) is 0 Å². The van der Waals surface area contributed by atoms with E-state index in [4.69, 9.17) is 0 Å². The number of pyridine rings is 1. The van der Waals surface area contributed by atoms with Crippen LogP contribution in [0.3, 0.4) is 0 Å². The van der Waals surface area contributed by atoms with E-state index in [-0.39, 0.29) is 6.03 Å². The fourth-order valence-corrected chi connectivity index (χ4v) is 2.06. The molecule has 0 aliphatic heterocycles. The van der Waals surface area contributed by atoms with Crippen molar-refractivity contribution >= 4 is 11.8 Å². The maximum absolute atomic E-state index is 12.1. The molecular formula is C17H22N4O. The zero-order valence-electron chi connectivity index (χ0n) is 13.3. The molecule has 0 aliphatic carbocycles. The first-order chi connectivity index (χ1) is 10.6. The zero-order chi connectivity index (χ0) is 15.9. The van der Waals surface area contributed by atoms with Crippen LogP contribution >= 0.6 is 0 Å². The Labute approximate surface area is 131 Å². The van der Waals surface area contributed by atoms with Crippen molar-refractivity contribution in [3.05, 3.63) is 59.8 Å². The lowest BCUT2D eigenvalue weighted by molar-refractivity contribution is 0.206. The smallest absolute Gasteiger partial charge is 0.317 e. The van der Waals surface area contributed by atoms with Gasteiger partial charge in [-0.3, -0.25) is 0 Å². The topological polar surface area (TPSA) is 48.5 Å². The average Bonchev–Trinajstić information content (AvgIpc) is 2.53. The Kier molecular flexibility index (Phi) is 5.36. The van der Waals surface area contributed by atoms with Gasteiger partial charge in [-0.2, -0.15) is 0 Å². The van der Waals surface area contributed by atoms with Crippen molar-refractivity contribution in [1.82, 2.24) is 15.2 Å². The summed E-state index contributed by atoms with van der Waals surface area (Å²) in [6, 6.07) is 13.7. The fraction of sp³-hybridized carbons (Fsp3) is 0.294. The third kappa shape index (κ3) is 4.48. The van der Waals surface area contributed by atoms with Crippen molar-refractivity contribution in [1.29, 1.82) is 0 Å². The first-order valence-corrected chi connectivity index (χ1v) is 7.21. The molecular weight excluding hydrogens is 276 g/mol. The maximum atomic E-state index is 12.1. The van der Waals surface area contributed by atoms with E-state index in [0.29, 0.717) is 13.1 Å². The molecule has 5 heteroatoms. The molecule has 0 saturated heterocycles. The number of benzene rings is 1. The highest BCUT2D eigenvalue weighted by atomic mass is 16.2. The second-order valence-electron chi connectivity index (χ2n) is 5.42. The molecule has 0 aliphatic rings. The molecule has 1 N–H and O–H groups in total. The number of aromatic nitrogens is 1.